The van der Waals surface area contributed by atoms with E-state index in [1.54, 1.807) is 12.1 Å². The van der Waals surface area contributed by atoms with Gasteiger partial charge in [0, 0.05) is 6.20 Å². The Hall–Kier alpha value is -2.29. The predicted molar refractivity (Wildman–Crippen MR) is 52.5 cm³/mol. The van der Waals surface area contributed by atoms with Gasteiger partial charge in [-0.1, -0.05) is 6.07 Å². The van der Waals surface area contributed by atoms with Crippen molar-refractivity contribution in [2.75, 3.05) is 0 Å². The third-order valence-corrected chi connectivity index (χ3v) is 2.29. The van der Waals surface area contributed by atoms with Crippen LogP contribution in [0.4, 0.5) is 13.2 Å². The van der Waals surface area contributed by atoms with E-state index in [0.717, 1.165) is 6.07 Å². The van der Waals surface area contributed by atoms with Gasteiger partial charge in [-0.25, -0.2) is 0 Å². The Bertz CT molecular complexity index is 634. The summed E-state index contributed by atoms with van der Waals surface area (Å²) in [5.74, 6) is -1.94. The average molecular weight is 238 g/mol. The summed E-state index contributed by atoms with van der Waals surface area (Å²) in [5, 5.41) is 8.77. The van der Waals surface area contributed by atoms with Gasteiger partial charge in [-0.15, -0.1) is 0 Å². The molecule has 0 aliphatic heterocycles. The van der Waals surface area contributed by atoms with Crippen molar-refractivity contribution in [1.82, 2.24) is 4.40 Å². The maximum atomic E-state index is 12.3. The number of alkyl halides is 3. The van der Waals surface area contributed by atoms with Crippen molar-refractivity contribution >= 4 is 11.3 Å². The fourth-order valence-corrected chi connectivity index (χ4v) is 1.57. The van der Waals surface area contributed by atoms with Crippen LogP contribution >= 0.6 is 0 Å². The zero-order valence-electron chi connectivity index (χ0n) is 8.32. The SMILES string of the molecule is N#Cc1cc(C(=O)C(F)(F)F)c2ccccn12. The summed E-state index contributed by atoms with van der Waals surface area (Å²) in [4.78, 5) is 11.2. The van der Waals surface area contributed by atoms with Crippen LogP contribution in [0.2, 0.25) is 0 Å². The molecule has 2 heterocycles. The van der Waals surface area contributed by atoms with E-state index in [0.29, 0.717) is 0 Å². The van der Waals surface area contributed by atoms with Gasteiger partial charge in [0.1, 0.15) is 11.8 Å². The molecule has 2 aromatic heterocycles. The van der Waals surface area contributed by atoms with Crippen LogP contribution in [0.5, 0.6) is 0 Å². The number of carbonyl (C=O) groups excluding carboxylic acids is 1. The van der Waals surface area contributed by atoms with E-state index in [1.165, 1.54) is 22.7 Å². The molecule has 17 heavy (non-hydrogen) atoms. The molecule has 0 aromatic carbocycles. The molecule has 0 spiro atoms. The van der Waals surface area contributed by atoms with E-state index in [9.17, 15) is 18.0 Å². The quantitative estimate of drug-likeness (QED) is 0.716. The van der Waals surface area contributed by atoms with Crippen molar-refractivity contribution in [2.45, 2.75) is 6.18 Å². The Labute approximate surface area is 93.7 Å². The molecule has 0 saturated heterocycles. The third kappa shape index (κ3) is 1.76. The predicted octanol–water partition coefficient (Wildman–Crippen LogP) is 2.56. The molecule has 0 aliphatic carbocycles. The van der Waals surface area contributed by atoms with Gasteiger partial charge >= 0.3 is 6.18 Å². The molecule has 2 rings (SSSR count). The topological polar surface area (TPSA) is 45.3 Å². The lowest BCUT2D eigenvalue weighted by molar-refractivity contribution is -0.0884. The van der Waals surface area contributed by atoms with Crippen molar-refractivity contribution in [3.63, 3.8) is 0 Å². The Kier molecular flexibility index (Phi) is 2.39. The second-order valence-corrected chi connectivity index (χ2v) is 3.34. The number of hydrogen-bond acceptors (Lipinski definition) is 2. The molecule has 0 fully saturated rings. The monoisotopic (exact) mass is 238 g/mol. The lowest BCUT2D eigenvalue weighted by Crippen LogP contribution is -2.22. The molecule has 0 N–H and O–H groups in total. The van der Waals surface area contributed by atoms with E-state index in [4.69, 9.17) is 5.26 Å². The molecule has 3 nitrogen and oxygen atoms in total. The van der Waals surface area contributed by atoms with Gasteiger partial charge in [-0.2, -0.15) is 18.4 Å². The van der Waals surface area contributed by atoms with Gasteiger partial charge in [0.25, 0.3) is 5.78 Å². The summed E-state index contributed by atoms with van der Waals surface area (Å²) in [6.45, 7) is 0. The van der Waals surface area contributed by atoms with Crippen LogP contribution in [-0.2, 0) is 0 Å². The van der Waals surface area contributed by atoms with Crippen molar-refractivity contribution in [1.29, 1.82) is 5.26 Å². The Morgan fingerprint density at radius 3 is 2.65 bits per heavy atom. The first kappa shape index (κ1) is 11.2. The van der Waals surface area contributed by atoms with Crippen LogP contribution in [0.15, 0.2) is 30.5 Å². The molecule has 6 heteroatoms. The lowest BCUT2D eigenvalue weighted by Gasteiger charge is -2.03. The van der Waals surface area contributed by atoms with E-state index in [-0.39, 0.29) is 11.2 Å². The minimum atomic E-state index is -4.94. The fourth-order valence-electron chi connectivity index (χ4n) is 1.57. The fraction of sp³-hybridized carbons (Fsp3) is 0.0909. The number of carbonyl (C=O) groups is 1. The van der Waals surface area contributed by atoms with E-state index in [2.05, 4.69) is 0 Å². The Morgan fingerprint density at radius 1 is 1.35 bits per heavy atom. The number of Topliss-reactive ketones (excluding diaryl/α,β-unsaturated/α-hetero) is 1. The van der Waals surface area contributed by atoms with Crippen LogP contribution in [0.25, 0.3) is 5.52 Å². The van der Waals surface area contributed by atoms with Crippen molar-refractivity contribution in [3.05, 3.63) is 41.7 Å². The number of rotatable bonds is 1. The largest absolute Gasteiger partial charge is 0.454 e. The minimum absolute atomic E-state index is 0.00630. The smallest absolute Gasteiger partial charge is 0.308 e. The van der Waals surface area contributed by atoms with Crippen LogP contribution in [0, 0.1) is 11.3 Å². The first-order valence-corrected chi connectivity index (χ1v) is 4.57. The third-order valence-electron chi connectivity index (χ3n) is 2.29. The molecular formula is C11H5F3N2O. The van der Waals surface area contributed by atoms with Crippen LogP contribution in [0.1, 0.15) is 16.1 Å². The molecule has 0 amide bonds. The summed E-state index contributed by atoms with van der Waals surface area (Å²) in [6.07, 6.45) is -3.51. The molecule has 0 unspecified atom stereocenters. The number of nitriles is 1. The van der Waals surface area contributed by atoms with Gasteiger partial charge in [-0.3, -0.25) is 4.79 Å². The number of aromatic nitrogens is 1. The minimum Gasteiger partial charge on any atom is -0.308 e. The van der Waals surface area contributed by atoms with Crippen LogP contribution in [-0.4, -0.2) is 16.4 Å². The highest BCUT2D eigenvalue weighted by atomic mass is 19.4. The zero-order valence-corrected chi connectivity index (χ0v) is 8.32. The highest BCUT2D eigenvalue weighted by Gasteiger charge is 2.40. The second kappa shape index (κ2) is 3.63. The van der Waals surface area contributed by atoms with Crippen LogP contribution in [0.3, 0.4) is 0 Å². The van der Waals surface area contributed by atoms with Gasteiger partial charge in [0.15, 0.2) is 0 Å². The number of pyridine rings is 1. The maximum absolute atomic E-state index is 12.3. The zero-order chi connectivity index (χ0) is 12.6. The standard InChI is InChI=1S/C11H5F3N2O/c12-11(13,14)10(17)8-5-7(6-15)16-4-2-1-3-9(8)16/h1-5H. The molecule has 0 bridgehead atoms. The highest BCUT2D eigenvalue weighted by molar-refractivity contribution is 6.06. The van der Waals surface area contributed by atoms with Gasteiger partial charge < -0.3 is 4.40 Å². The maximum Gasteiger partial charge on any atom is 0.454 e. The molecule has 0 atom stereocenters. The number of halogens is 3. The lowest BCUT2D eigenvalue weighted by atomic mass is 10.1. The van der Waals surface area contributed by atoms with Gasteiger partial charge in [0.05, 0.1) is 11.1 Å². The number of fused-ring (bicyclic) bond motifs is 1. The number of nitrogens with zero attached hydrogens (tertiary/aromatic N) is 2. The Morgan fingerprint density at radius 2 is 2.06 bits per heavy atom. The van der Waals surface area contributed by atoms with E-state index >= 15 is 0 Å². The molecular weight excluding hydrogens is 233 g/mol. The molecule has 0 saturated carbocycles. The second-order valence-electron chi connectivity index (χ2n) is 3.34. The number of ketones is 1. The van der Waals surface area contributed by atoms with Crippen molar-refractivity contribution in [2.24, 2.45) is 0 Å². The number of hydrogen-bond donors (Lipinski definition) is 0. The normalized spacial score (nSPS) is 11.4. The van der Waals surface area contributed by atoms with Crippen molar-refractivity contribution in [3.8, 4) is 6.07 Å². The Balaban J connectivity index is 2.72. The van der Waals surface area contributed by atoms with Crippen LogP contribution < -0.4 is 0 Å². The summed E-state index contributed by atoms with van der Waals surface area (Å²) in [6, 6.07) is 7.12. The summed E-state index contributed by atoms with van der Waals surface area (Å²) >= 11 is 0. The molecule has 2 aromatic rings. The van der Waals surface area contributed by atoms with Gasteiger partial charge in [-0.05, 0) is 18.2 Å². The van der Waals surface area contributed by atoms with E-state index in [1.807, 2.05) is 0 Å². The molecule has 0 radical (unpaired) electrons. The summed E-state index contributed by atoms with van der Waals surface area (Å²) in [7, 11) is 0. The highest BCUT2D eigenvalue weighted by Crippen LogP contribution is 2.26. The molecule has 0 aliphatic rings. The average Bonchev–Trinajstić information content (AvgIpc) is 2.65. The van der Waals surface area contributed by atoms with Gasteiger partial charge in [0.2, 0.25) is 0 Å². The summed E-state index contributed by atoms with van der Waals surface area (Å²) < 4.78 is 38.3. The first-order chi connectivity index (χ1) is 7.95. The first-order valence-electron chi connectivity index (χ1n) is 4.57. The van der Waals surface area contributed by atoms with Crippen molar-refractivity contribution < 1.29 is 18.0 Å². The molecule has 86 valence electrons. The van der Waals surface area contributed by atoms with E-state index < -0.39 is 17.5 Å². The summed E-state index contributed by atoms with van der Waals surface area (Å²) in [5.41, 5.74) is -0.436.